The van der Waals surface area contributed by atoms with Crippen molar-refractivity contribution in [2.75, 3.05) is 0 Å². The summed E-state index contributed by atoms with van der Waals surface area (Å²) in [7, 11) is 0. The van der Waals surface area contributed by atoms with Crippen LogP contribution in [-0.2, 0) is 114 Å². The third kappa shape index (κ3) is 24.2. The second-order valence-electron chi connectivity index (χ2n) is 34.4. The summed E-state index contributed by atoms with van der Waals surface area (Å²) in [6.45, 7) is 10.4. The Labute approximate surface area is 887 Å². The van der Waals surface area contributed by atoms with Crippen LogP contribution in [-0.4, -0.2) is 45.7 Å². The second-order valence-corrected chi connectivity index (χ2v) is 34.8. The van der Waals surface area contributed by atoms with Crippen molar-refractivity contribution < 1.29 is 122 Å². The number of hydrogen-bond acceptors (Lipinski definition) is 9. The van der Waals surface area contributed by atoms with Crippen LogP contribution >= 0.6 is 11.6 Å². The maximum atomic E-state index is 15.2. The fourth-order valence-corrected chi connectivity index (χ4v) is 17.6. The van der Waals surface area contributed by atoms with Gasteiger partial charge in [0.15, 0.2) is 0 Å². The van der Waals surface area contributed by atoms with Crippen LogP contribution in [0.25, 0.3) is 123 Å². The van der Waals surface area contributed by atoms with Crippen LogP contribution in [0, 0.1) is 83.4 Å². The van der Waals surface area contributed by atoms with E-state index in [9.17, 15) is 26.7 Å². The van der Waals surface area contributed by atoms with Gasteiger partial charge in [0.1, 0.15) is 34.7 Å². The van der Waals surface area contributed by atoms with Gasteiger partial charge in [-0.25, -0.2) is 34.3 Å². The molecular formula is C121H87ClF6N8OPt4. The summed E-state index contributed by atoms with van der Waals surface area (Å²) in [6.07, 6.45) is 21.2. The smallest absolute Gasteiger partial charge is 0.333 e. The Morgan fingerprint density at radius 1 is 0.411 bits per heavy atom. The molecule has 9 nitrogen and oxygen atoms in total. The molecule has 0 spiro atoms. The zero-order valence-corrected chi connectivity index (χ0v) is 86.3. The van der Waals surface area contributed by atoms with Crippen LogP contribution in [0.2, 0.25) is 5.02 Å². The van der Waals surface area contributed by atoms with Crippen molar-refractivity contribution in [2.45, 2.75) is 103 Å². The van der Waals surface area contributed by atoms with Crippen LogP contribution in [0.3, 0.4) is 0 Å². The van der Waals surface area contributed by atoms with E-state index in [0.29, 0.717) is 41.4 Å². The summed E-state index contributed by atoms with van der Waals surface area (Å²) in [4.78, 5) is 47.3. The van der Waals surface area contributed by atoms with Crippen molar-refractivity contribution in [3.05, 3.63) is 490 Å². The van der Waals surface area contributed by atoms with Gasteiger partial charge >= 0.3 is 84.3 Å². The molecule has 706 valence electrons. The quantitative estimate of drug-likeness (QED) is 0.0443. The van der Waals surface area contributed by atoms with Gasteiger partial charge in [-0.15, -0.1) is 127 Å². The van der Waals surface area contributed by atoms with E-state index in [4.69, 9.17) is 18.5 Å². The van der Waals surface area contributed by atoms with E-state index in [1.807, 2.05) is 124 Å². The molecule has 141 heavy (non-hydrogen) atoms. The first kappa shape index (κ1) is 97.0. The van der Waals surface area contributed by atoms with Gasteiger partial charge in [0.05, 0.1) is 42.0 Å². The number of para-hydroxylation sites is 1. The molecule has 0 radical (unpaired) electrons. The van der Waals surface area contributed by atoms with Crippen LogP contribution in [0.4, 0.5) is 26.3 Å². The fraction of sp³-hybridized carbons (Fsp3) is 0.132. The van der Waals surface area contributed by atoms with E-state index in [1.54, 1.807) is 24.4 Å². The SMILES string of the molecule is CC(C)(c1[c-]c2c(cc1)Cc1c-2[c-]c(-c2ccccn2)cc1Cl)c1ncc(F)cc1F.CCc1cc(-c2[c-]c(C(C)(C)c3cccc(-c4ccccn4)c3)ccc2)[c-]c(-c2ccccn2)c1.[2H]c1c([2H])c([2H])c(-c2cc(-c3ccccn3)[c-]c(-c3[c-]c(C(=O)c4ncc(F)cc4F)c(F)cc3F)c2)c([2H])c1[2H].[Pt+2].[Pt+2].[Pt+2].[Pt+2].[c-]1c(Cc2cccc3cccnc23)cccc1-c1[c-]c(-c2ccccn2)cc(C2CCCCC2)c1. The van der Waals surface area contributed by atoms with Crippen LogP contribution < -0.4 is 0 Å². The molecule has 8 heterocycles. The minimum absolute atomic E-state index is 0. The molecule has 2 aliphatic carbocycles. The normalized spacial score (nSPS) is 12.4. The molecule has 0 amide bonds. The summed E-state index contributed by atoms with van der Waals surface area (Å²) in [5.41, 5.74) is 22.2. The van der Waals surface area contributed by atoms with E-state index in [1.165, 1.54) is 78.1 Å². The van der Waals surface area contributed by atoms with E-state index in [2.05, 4.69) is 231 Å². The average molecular weight is 2600 g/mol. The zero-order chi connectivity index (χ0) is 99.0. The second kappa shape index (κ2) is 47.2. The Hall–Kier alpha value is -12.8. The van der Waals surface area contributed by atoms with E-state index >= 15 is 4.39 Å². The number of rotatable bonds is 19. The Morgan fingerprint density at radius 2 is 0.957 bits per heavy atom. The van der Waals surface area contributed by atoms with E-state index in [-0.39, 0.29) is 118 Å². The van der Waals surface area contributed by atoms with Gasteiger partial charge in [-0.05, 0) is 113 Å². The molecule has 21 rings (SSSR count). The first-order valence-electron chi connectivity index (χ1n) is 47.4. The molecule has 0 bridgehead atoms. The summed E-state index contributed by atoms with van der Waals surface area (Å²) in [5, 5.41) is 1.83. The number of nitrogens with zero attached hydrogens (tertiary/aromatic N) is 8. The van der Waals surface area contributed by atoms with Crippen molar-refractivity contribution in [1.29, 1.82) is 0 Å². The molecule has 2 aliphatic rings. The number of hydrogen-bond donors (Lipinski definition) is 0. The topological polar surface area (TPSA) is 120 Å². The molecule has 8 aromatic heterocycles. The average Bonchev–Trinajstić information content (AvgIpc) is 1.48. The largest absolute Gasteiger partial charge is 2.00 e. The van der Waals surface area contributed by atoms with Gasteiger partial charge in [0.2, 0.25) is 0 Å². The molecule has 0 aliphatic heterocycles. The molecule has 1 saturated carbocycles. The molecule has 0 N–H and O–H groups in total. The molecule has 0 atom stereocenters. The Balaban J connectivity index is 0.000000153. The number of carbonyl (C=O) groups excluding carboxylic acids is 1. The molecule has 11 aromatic carbocycles. The molecule has 20 heteroatoms. The van der Waals surface area contributed by atoms with Gasteiger partial charge in [0.25, 0.3) is 0 Å². The summed E-state index contributed by atoms with van der Waals surface area (Å²) >= 11 is 6.62. The molecule has 19 aromatic rings. The predicted octanol–water partition coefficient (Wildman–Crippen LogP) is 29.6. The number of aryl methyl sites for hydroxylation is 1. The van der Waals surface area contributed by atoms with E-state index < -0.39 is 93.1 Å². The van der Waals surface area contributed by atoms with Crippen molar-refractivity contribution in [3.63, 3.8) is 0 Å². The van der Waals surface area contributed by atoms with Crippen LogP contribution in [0.15, 0.2) is 335 Å². The first-order valence-corrected chi connectivity index (χ1v) is 45.3. The third-order valence-corrected chi connectivity index (χ3v) is 25.0. The van der Waals surface area contributed by atoms with Gasteiger partial charge in [-0.2, -0.15) is 113 Å². The van der Waals surface area contributed by atoms with Gasteiger partial charge in [-0.1, -0.05) is 199 Å². The van der Waals surface area contributed by atoms with Crippen molar-refractivity contribution in [1.82, 2.24) is 39.9 Å². The molecule has 0 saturated heterocycles. The van der Waals surface area contributed by atoms with E-state index in [0.717, 1.165) is 137 Å². The number of ketones is 1. The minimum Gasteiger partial charge on any atom is -0.333 e. The molecule has 1 fully saturated rings. The summed E-state index contributed by atoms with van der Waals surface area (Å²) in [5.74, 6) is -7.08. The predicted molar refractivity (Wildman–Crippen MR) is 530 cm³/mol. The Bertz CT molecular complexity index is 7930. The van der Waals surface area contributed by atoms with Gasteiger partial charge in [-0.3, -0.25) is 48.7 Å². The monoisotopic (exact) mass is 2600 g/mol. The zero-order valence-electron chi connectivity index (χ0n) is 81.5. The Kier molecular flexibility index (Phi) is 32.5. The molecular weight excluding hydrogens is 2510 g/mol. The number of pyridine rings is 8. The Morgan fingerprint density at radius 3 is 1.60 bits per heavy atom. The summed E-state index contributed by atoms with van der Waals surface area (Å²) in [6, 6.07) is 104. The fourth-order valence-electron chi connectivity index (χ4n) is 17.3. The van der Waals surface area contributed by atoms with Crippen molar-refractivity contribution in [3.8, 4) is 112 Å². The standard InChI is InChI=1S/2C33H28N2.C29H14F4N2O.C26H17ClF2N2.4Pt/c1-2-10-25(11-3-1)29-21-30(23-31(22-29)32-16-4-5-17-34-32)27-13-6-9-24(19-27)20-28-14-7-12-26-15-8-18-35-33(26)28;1-4-24-19-27(21-28(20-24)32-16-6-8-18-35-32)25-11-9-13-29(22-25)33(2,3)30-14-10-12-26(23-30)31-15-5-7-17-34-31;30-21-13-26(33)28(35-16-21)29(36)23-14-22(24(31)15-25(23)32)19-10-18(17-6-2-1-3-7-17)11-20(12-19)27-8-4-5-9-34-27;1-26(2,25-23(29)13-18(28)14-31-25)17-7-6-15-9-21-20(19(15)12-17)10-16(11-22(21)27)24-5-3-4-8-30-24;;;;/h4-9,12-18,21-22,25H,1-3,10-11,20H2;5-20,23H,4H2,1-3H3;1-11,13,15-16H;3-8,11,13-14H,9H2,1-2H3;;;;/q4*-2;4*+2/i;;1D,2D,3D,6D,7D;;;;;. The number of carbonyl (C=O) groups is 1. The summed E-state index contributed by atoms with van der Waals surface area (Å²) < 4.78 is 126. The maximum absolute atomic E-state index is 15.2. The van der Waals surface area contributed by atoms with Crippen LogP contribution in [0.5, 0.6) is 0 Å². The number of benzene rings is 11. The van der Waals surface area contributed by atoms with Crippen LogP contribution in [0.1, 0.15) is 151 Å². The van der Waals surface area contributed by atoms with Gasteiger partial charge in [0, 0.05) is 94.3 Å². The minimum atomic E-state index is -1.38. The van der Waals surface area contributed by atoms with Gasteiger partial charge < -0.3 is 4.79 Å². The number of aromatic nitrogens is 8. The first-order chi connectivity index (χ1) is 68.7. The van der Waals surface area contributed by atoms with Crippen molar-refractivity contribution in [2.24, 2.45) is 0 Å². The molecule has 0 unspecified atom stereocenters. The number of halogens is 7. The number of fused-ring (bicyclic) bond motifs is 4. The van der Waals surface area contributed by atoms with Crippen molar-refractivity contribution >= 4 is 28.3 Å². The maximum Gasteiger partial charge on any atom is 2.00 e. The third-order valence-electron chi connectivity index (χ3n) is 24.6.